The first-order valence-corrected chi connectivity index (χ1v) is 12.9. The van der Waals surface area contributed by atoms with Crippen LogP contribution in [-0.4, -0.2) is 26.8 Å². The number of pyridine rings is 1. The lowest BCUT2D eigenvalue weighted by Gasteiger charge is -2.17. The summed E-state index contributed by atoms with van der Waals surface area (Å²) in [5, 5.41) is 11.4. The van der Waals surface area contributed by atoms with Gasteiger partial charge in [0, 0.05) is 23.3 Å². The molecule has 3 heterocycles. The molecule has 1 N–H and O–H groups in total. The highest BCUT2D eigenvalue weighted by Gasteiger charge is 2.32. The average molecular weight is 558 g/mol. The Morgan fingerprint density at radius 1 is 1.18 bits per heavy atom. The van der Waals surface area contributed by atoms with Gasteiger partial charge >= 0.3 is 6.18 Å². The Hall–Kier alpha value is -3.63. The van der Waals surface area contributed by atoms with Gasteiger partial charge in [0.25, 0.3) is 5.56 Å². The van der Waals surface area contributed by atoms with E-state index in [-0.39, 0.29) is 34.2 Å². The van der Waals surface area contributed by atoms with Gasteiger partial charge in [0.1, 0.15) is 16.4 Å². The zero-order valence-corrected chi connectivity index (χ0v) is 21.4. The molecule has 194 valence electrons. The van der Waals surface area contributed by atoms with Gasteiger partial charge in [-0.25, -0.2) is 4.98 Å². The summed E-state index contributed by atoms with van der Waals surface area (Å²) in [5.74, 6) is 1.10. The molecule has 2 aromatic carbocycles. The lowest BCUT2D eigenvalue weighted by atomic mass is 10.0. The maximum atomic E-state index is 14.0. The van der Waals surface area contributed by atoms with Crippen LogP contribution in [0.25, 0.3) is 31.7 Å². The van der Waals surface area contributed by atoms with E-state index >= 15 is 0 Å². The molecule has 0 aliphatic heterocycles. The van der Waals surface area contributed by atoms with Crippen LogP contribution in [-0.2, 0) is 12.7 Å². The Balaban J connectivity index is 1.64. The van der Waals surface area contributed by atoms with E-state index in [1.807, 2.05) is 12.1 Å². The summed E-state index contributed by atoms with van der Waals surface area (Å²) in [6.45, 7) is -0.179. The van der Waals surface area contributed by atoms with Gasteiger partial charge in [-0.1, -0.05) is 17.7 Å². The molecule has 1 aliphatic carbocycles. The molecular formula is C27H19ClF3N3O3S. The first kappa shape index (κ1) is 24.7. The minimum Gasteiger partial charge on any atom is -0.505 e. The molecule has 0 unspecified atom stereocenters. The number of alkyl halides is 3. The summed E-state index contributed by atoms with van der Waals surface area (Å²) in [6.07, 6.45) is -0.571. The number of phenols is 1. The molecule has 0 saturated heterocycles. The molecular weight excluding hydrogens is 539 g/mol. The minimum atomic E-state index is -4.57. The van der Waals surface area contributed by atoms with E-state index in [0.717, 1.165) is 42.0 Å². The summed E-state index contributed by atoms with van der Waals surface area (Å²) in [6, 6.07) is 9.62. The van der Waals surface area contributed by atoms with Crippen LogP contribution in [0.1, 0.15) is 35.4 Å². The van der Waals surface area contributed by atoms with Crippen molar-refractivity contribution in [2.75, 3.05) is 7.11 Å². The van der Waals surface area contributed by atoms with Crippen LogP contribution in [0.5, 0.6) is 11.5 Å². The number of phenolic OH excluding ortho intramolecular Hbond substituents is 1. The number of methoxy groups -OCH3 is 1. The first-order valence-electron chi connectivity index (χ1n) is 11.7. The van der Waals surface area contributed by atoms with E-state index in [0.29, 0.717) is 32.1 Å². The van der Waals surface area contributed by atoms with Crippen LogP contribution in [0.4, 0.5) is 13.2 Å². The van der Waals surface area contributed by atoms with Crippen molar-refractivity contribution in [3.63, 3.8) is 0 Å². The maximum absolute atomic E-state index is 14.0. The fourth-order valence-electron chi connectivity index (χ4n) is 4.65. The molecule has 0 amide bonds. The van der Waals surface area contributed by atoms with Crippen LogP contribution in [0.15, 0.2) is 53.6 Å². The molecule has 3 aromatic heterocycles. The first-order chi connectivity index (χ1) is 18.2. The molecule has 6 nitrogen and oxygen atoms in total. The van der Waals surface area contributed by atoms with Crippen LogP contribution < -0.4 is 10.3 Å². The summed E-state index contributed by atoms with van der Waals surface area (Å²) < 4.78 is 47.4. The van der Waals surface area contributed by atoms with Crippen LogP contribution >= 0.6 is 22.9 Å². The number of benzene rings is 2. The van der Waals surface area contributed by atoms with Crippen molar-refractivity contribution >= 4 is 43.2 Å². The summed E-state index contributed by atoms with van der Waals surface area (Å²) in [5.41, 5.74) is 0.525. The third kappa shape index (κ3) is 4.17. The molecule has 0 atom stereocenters. The Morgan fingerprint density at radius 2 is 1.97 bits per heavy atom. The van der Waals surface area contributed by atoms with Gasteiger partial charge in [0.15, 0.2) is 5.75 Å². The molecule has 1 aliphatic rings. The zero-order chi connectivity index (χ0) is 26.8. The van der Waals surface area contributed by atoms with Crippen molar-refractivity contribution in [2.45, 2.75) is 31.5 Å². The van der Waals surface area contributed by atoms with E-state index in [2.05, 4.69) is 4.98 Å². The molecule has 38 heavy (non-hydrogen) atoms. The topological polar surface area (TPSA) is 77.2 Å². The summed E-state index contributed by atoms with van der Waals surface area (Å²) in [4.78, 5) is 23.1. The number of aromatic hydroxyl groups is 1. The SMILES string of the molecule is COc1ccc(-c2nc3sc4c(O)c(Cl)ccc4c3c(=O)n2Cc2cncc(C(F)(F)F)c2)c(C2CC2)c1. The van der Waals surface area contributed by atoms with Gasteiger partial charge in [0.2, 0.25) is 0 Å². The quantitative estimate of drug-likeness (QED) is 0.252. The third-order valence-electron chi connectivity index (χ3n) is 6.67. The fraction of sp³-hybridized carbons (Fsp3) is 0.222. The van der Waals surface area contributed by atoms with Crippen molar-refractivity contribution in [2.24, 2.45) is 0 Å². The maximum Gasteiger partial charge on any atom is 0.417 e. The van der Waals surface area contributed by atoms with Crippen LogP contribution in [0, 0.1) is 0 Å². The van der Waals surface area contributed by atoms with Gasteiger partial charge in [-0.3, -0.25) is 14.3 Å². The van der Waals surface area contributed by atoms with Crippen LogP contribution in [0.2, 0.25) is 5.02 Å². The molecule has 0 spiro atoms. The van der Waals surface area contributed by atoms with Crippen molar-refractivity contribution in [3.8, 4) is 22.9 Å². The zero-order valence-electron chi connectivity index (χ0n) is 19.8. The highest BCUT2D eigenvalue weighted by atomic mass is 35.5. The predicted octanol–water partition coefficient (Wildman–Crippen LogP) is 6.99. The molecule has 0 bridgehead atoms. The number of thiophene rings is 1. The largest absolute Gasteiger partial charge is 0.505 e. The van der Waals surface area contributed by atoms with Crippen molar-refractivity contribution in [1.29, 1.82) is 0 Å². The lowest BCUT2D eigenvalue weighted by molar-refractivity contribution is -0.137. The number of aromatic nitrogens is 3. The highest BCUT2D eigenvalue weighted by molar-refractivity contribution is 7.25. The number of nitrogens with zero attached hydrogens (tertiary/aromatic N) is 3. The van der Waals surface area contributed by atoms with Gasteiger partial charge in [-0.15, -0.1) is 11.3 Å². The van der Waals surface area contributed by atoms with E-state index in [4.69, 9.17) is 21.3 Å². The fourth-order valence-corrected chi connectivity index (χ4v) is 5.98. The average Bonchev–Trinajstić information content (AvgIpc) is 3.67. The monoisotopic (exact) mass is 557 g/mol. The number of halogens is 4. The van der Waals surface area contributed by atoms with E-state index < -0.39 is 17.3 Å². The second-order valence-corrected chi connectivity index (χ2v) is 10.6. The van der Waals surface area contributed by atoms with E-state index in [9.17, 15) is 23.1 Å². The molecule has 1 saturated carbocycles. The minimum absolute atomic E-state index is 0.144. The summed E-state index contributed by atoms with van der Waals surface area (Å²) in [7, 11) is 1.57. The van der Waals surface area contributed by atoms with E-state index in [1.54, 1.807) is 19.2 Å². The number of fused-ring (bicyclic) bond motifs is 3. The van der Waals surface area contributed by atoms with Gasteiger partial charge in [0.05, 0.1) is 34.3 Å². The molecule has 11 heteroatoms. The second kappa shape index (κ2) is 8.99. The Labute approximate surface area is 222 Å². The predicted molar refractivity (Wildman–Crippen MR) is 140 cm³/mol. The smallest absolute Gasteiger partial charge is 0.417 e. The molecule has 0 radical (unpaired) electrons. The Morgan fingerprint density at radius 3 is 2.68 bits per heavy atom. The summed E-state index contributed by atoms with van der Waals surface area (Å²) >= 11 is 7.24. The number of hydrogen-bond donors (Lipinski definition) is 1. The lowest BCUT2D eigenvalue weighted by Crippen LogP contribution is -2.24. The number of hydrogen-bond acceptors (Lipinski definition) is 6. The van der Waals surface area contributed by atoms with E-state index in [1.165, 1.54) is 16.8 Å². The number of ether oxygens (including phenoxy) is 1. The van der Waals surface area contributed by atoms with Gasteiger partial charge in [-0.2, -0.15) is 13.2 Å². The Bertz CT molecular complexity index is 1790. The van der Waals surface area contributed by atoms with Crippen LogP contribution in [0.3, 0.4) is 0 Å². The number of rotatable bonds is 5. The normalized spacial score (nSPS) is 13.9. The van der Waals surface area contributed by atoms with Crippen molar-refractivity contribution < 1.29 is 23.0 Å². The van der Waals surface area contributed by atoms with Gasteiger partial charge < -0.3 is 9.84 Å². The van der Waals surface area contributed by atoms with Crippen molar-refractivity contribution in [1.82, 2.24) is 14.5 Å². The second-order valence-electron chi connectivity index (χ2n) is 9.19. The molecule has 6 rings (SSSR count). The van der Waals surface area contributed by atoms with Gasteiger partial charge in [-0.05, 0) is 60.2 Å². The molecule has 5 aromatic rings. The third-order valence-corrected chi connectivity index (χ3v) is 8.08. The van der Waals surface area contributed by atoms with Crippen molar-refractivity contribution in [3.05, 3.63) is 80.9 Å². The Kier molecular flexibility index (Phi) is 5.84. The standard InChI is InChI=1S/C27H19ClF3N3O3S/c1-37-16-4-5-17(19(9-16)14-2-3-14)24-33-25-21(18-6-7-20(28)22(35)23(18)38-25)26(36)34(24)12-13-8-15(11-32-10-13)27(29,30)31/h4-11,14,35H,2-3,12H2,1H3. The molecule has 1 fully saturated rings. The highest BCUT2D eigenvalue weighted by Crippen LogP contribution is 2.46.